The topological polar surface area (TPSA) is 3.24 Å². The Morgan fingerprint density at radius 3 is 2.62 bits per heavy atom. The highest BCUT2D eigenvalue weighted by molar-refractivity contribution is 14.1. The number of halogens is 1. The summed E-state index contributed by atoms with van der Waals surface area (Å²) in [5.41, 5.74) is 0. The summed E-state index contributed by atoms with van der Waals surface area (Å²) in [6.07, 6.45) is 4.22. The van der Waals surface area contributed by atoms with Crippen LogP contribution in [0.15, 0.2) is 0 Å². The lowest BCUT2D eigenvalue weighted by Gasteiger charge is -2.26. The summed E-state index contributed by atoms with van der Waals surface area (Å²) in [4.78, 5) is 0. The zero-order chi connectivity index (χ0) is 5.98. The standard InChI is InChI=1S/C6H12IN/c1-6-4-2-3-5-8(6)7/h6H,2-5H2,1H3. The molecule has 1 rings (SSSR count). The molecule has 0 aromatic rings. The summed E-state index contributed by atoms with van der Waals surface area (Å²) in [5.74, 6) is 0. The van der Waals surface area contributed by atoms with Gasteiger partial charge in [-0.25, -0.2) is 3.11 Å². The summed E-state index contributed by atoms with van der Waals surface area (Å²) < 4.78 is 2.40. The van der Waals surface area contributed by atoms with Crippen LogP contribution in [0.1, 0.15) is 26.2 Å². The van der Waals surface area contributed by atoms with Gasteiger partial charge in [0.15, 0.2) is 0 Å². The monoisotopic (exact) mass is 225 g/mol. The van der Waals surface area contributed by atoms with Crippen molar-refractivity contribution in [2.24, 2.45) is 0 Å². The Morgan fingerprint density at radius 2 is 2.25 bits per heavy atom. The van der Waals surface area contributed by atoms with Crippen LogP contribution in [0, 0.1) is 0 Å². The molecule has 1 saturated heterocycles. The highest BCUT2D eigenvalue weighted by atomic mass is 127. The van der Waals surface area contributed by atoms with E-state index in [2.05, 4.69) is 32.9 Å². The van der Waals surface area contributed by atoms with Crippen LogP contribution in [-0.2, 0) is 0 Å². The molecule has 0 bridgehead atoms. The lowest BCUT2D eigenvalue weighted by Crippen LogP contribution is -2.28. The fourth-order valence-corrected chi connectivity index (χ4v) is 1.68. The van der Waals surface area contributed by atoms with Crippen molar-refractivity contribution in [3.05, 3.63) is 0 Å². The predicted molar refractivity (Wildman–Crippen MR) is 44.0 cm³/mol. The molecule has 48 valence electrons. The third kappa shape index (κ3) is 1.58. The van der Waals surface area contributed by atoms with Gasteiger partial charge in [0.1, 0.15) is 0 Å². The van der Waals surface area contributed by atoms with Crippen molar-refractivity contribution in [1.29, 1.82) is 0 Å². The van der Waals surface area contributed by atoms with Gasteiger partial charge >= 0.3 is 0 Å². The molecular formula is C6H12IN. The Labute approximate surface area is 64.9 Å². The number of piperidine rings is 1. The molecule has 0 amide bonds. The van der Waals surface area contributed by atoms with E-state index < -0.39 is 0 Å². The molecule has 1 atom stereocenters. The van der Waals surface area contributed by atoms with Gasteiger partial charge in [-0.05, 0) is 19.8 Å². The minimum Gasteiger partial charge on any atom is -0.245 e. The molecule has 2 heteroatoms. The minimum absolute atomic E-state index is 0.823. The number of nitrogens with zero attached hydrogens (tertiary/aromatic N) is 1. The summed E-state index contributed by atoms with van der Waals surface area (Å²) >= 11 is 2.42. The highest BCUT2D eigenvalue weighted by Gasteiger charge is 2.13. The van der Waals surface area contributed by atoms with Crippen LogP contribution in [0.4, 0.5) is 0 Å². The van der Waals surface area contributed by atoms with Crippen molar-refractivity contribution in [3.8, 4) is 0 Å². The largest absolute Gasteiger partial charge is 0.245 e. The Bertz CT molecular complexity index is 64.9. The molecule has 1 nitrogen and oxygen atoms in total. The minimum atomic E-state index is 0.823. The second-order valence-electron chi connectivity index (χ2n) is 2.47. The zero-order valence-corrected chi connectivity index (χ0v) is 7.39. The molecule has 0 radical (unpaired) electrons. The van der Waals surface area contributed by atoms with E-state index >= 15 is 0 Å². The van der Waals surface area contributed by atoms with E-state index in [4.69, 9.17) is 0 Å². The quantitative estimate of drug-likeness (QED) is 0.451. The van der Waals surface area contributed by atoms with E-state index in [0.29, 0.717) is 0 Å². The van der Waals surface area contributed by atoms with E-state index in [1.807, 2.05) is 0 Å². The lowest BCUT2D eigenvalue weighted by atomic mass is 10.1. The molecular weight excluding hydrogens is 213 g/mol. The van der Waals surface area contributed by atoms with Crippen LogP contribution in [0.2, 0.25) is 0 Å². The maximum atomic E-state index is 2.42. The fourth-order valence-electron chi connectivity index (χ4n) is 1.06. The van der Waals surface area contributed by atoms with Crippen molar-refractivity contribution in [3.63, 3.8) is 0 Å². The number of rotatable bonds is 0. The Morgan fingerprint density at radius 1 is 1.50 bits per heavy atom. The predicted octanol–water partition coefficient (Wildman–Crippen LogP) is 2.21. The van der Waals surface area contributed by atoms with Crippen molar-refractivity contribution >= 4 is 22.9 Å². The second kappa shape index (κ2) is 3.01. The van der Waals surface area contributed by atoms with Gasteiger partial charge in [0, 0.05) is 35.5 Å². The third-order valence-electron chi connectivity index (χ3n) is 1.72. The maximum Gasteiger partial charge on any atom is 0.0204 e. The van der Waals surface area contributed by atoms with Gasteiger partial charge < -0.3 is 0 Å². The summed E-state index contributed by atoms with van der Waals surface area (Å²) in [6.45, 7) is 3.59. The first-order valence-electron chi connectivity index (χ1n) is 3.23. The Hall–Kier alpha value is 0.690. The molecule has 1 heterocycles. The van der Waals surface area contributed by atoms with Crippen LogP contribution in [0.3, 0.4) is 0 Å². The summed E-state index contributed by atoms with van der Waals surface area (Å²) in [5, 5.41) is 0. The van der Waals surface area contributed by atoms with E-state index in [-0.39, 0.29) is 0 Å². The molecule has 1 unspecified atom stereocenters. The molecule has 0 aromatic carbocycles. The lowest BCUT2D eigenvalue weighted by molar-refractivity contribution is 0.317. The molecule has 1 aliphatic heterocycles. The van der Waals surface area contributed by atoms with Gasteiger partial charge in [-0.2, -0.15) is 0 Å². The van der Waals surface area contributed by atoms with Crippen LogP contribution in [0.25, 0.3) is 0 Å². The first-order chi connectivity index (χ1) is 3.80. The number of hydrogen-bond donors (Lipinski definition) is 0. The third-order valence-corrected chi connectivity index (χ3v) is 3.16. The first-order valence-corrected chi connectivity index (χ1v) is 4.19. The average Bonchev–Trinajstić information content (AvgIpc) is 1.77. The van der Waals surface area contributed by atoms with Gasteiger partial charge in [0.25, 0.3) is 0 Å². The van der Waals surface area contributed by atoms with Crippen molar-refractivity contribution in [2.45, 2.75) is 32.2 Å². The zero-order valence-electron chi connectivity index (χ0n) is 5.23. The molecule has 0 aliphatic carbocycles. The van der Waals surface area contributed by atoms with E-state index in [0.717, 1.165) is 6.04 Å². The molecule has 0 N–H and O–H groups in total. The maximum absolute atomic E-state index is 2.42. The SMILES string of the molecule is CC1CCCCN1I. The van der Waals surface area contributed by atoms with Crippen LogP contribution in [0.5, 0.6) is 0 Å². The van der Waals surface area contributed by atoms with Crippen molar-refractivity contribution in [1.82, 2.24) is 3.11 Å². The van der Waals surface area contributed by atoms with Crippen LogP contribution in [-0.4, -0.2) is 15.7 Å². The molecule has 0 spiro atoms. The molecule has 1 aliphatic rings. The van der Waals surface area contributed by atoms with E-state index in [1.165, 1.54) is 25.8 Å². The Kier molecular flexibility index (Phi) is 2.56. The molecule has 1 fully saturated rings. The van der Waals surface area contributed by atoms with Crippen molar-refractivity contribution < 1.29 is 0 Å². The summed E-state index contributed by atoms with van der Waals surface area (Å²) in [6, 6.07) is 0.823. The van der Waals surface area contributed by atoms with Gasteiger partial charge in [-0.3, -0.25) is 0 Å². The fraction of sp³-hybridized carbons (Fsp3) is 1.00. The summed E-state index contributed by atoms with van der Waals surface area (Å²) in [7, 11) is 0. The van der Waals surface area contributed by atoms with Crippen LogP contribution >= 0.6 is 22.9 Å². The van der Waals surface area contributed by atoms with E-state index in [1.54, 1.807) is 0 Å². The average molecular weight is 225 g/mol. The van der Waals surface area contributed by atoms with Gasteiger partial charge in [-0.15, -0.1) is 0 Å². The second-order valence-corrected chi connectivity index (χ2v) is 3.71. The Balaban J connectivity index is 2.28. The molecule has 0 saturated carbocycles. The molecule has 0 aromatic heterocycles. The number of hydrogen-bond acceptors (Lipinski definition) is 1. The normalized spacial score (nSPS) is 33.0. The smallest absolute Gasteiger partial charge is 0.0204 e. The van der Waals surface area contributed by atoms with Gasteiger partial charge in [0.2, 0.25) is 0 Å². The van der Waals surface area contributed by atoms with Crippen molar-refractivity contribution in [2.75, 3.05) is 6.54 Å². The van der Waals surface area contributed by atoms with Gasteiger partial charge in [-0.1, -0.05) is 6.42 Å². The van der Waals surface area contributed by atoms with E-state index in [9.17, 15) is 0 Å². The molecule has 8 heavy (non-hydrogen) atoms. The van der Waals surface area contributed by atoms with Crippen LogP contribution < -0.4 is 0 Å². The van der Waals surface area contributed by atoms with Gasteiger partial charge in [0.05, 0.1) is 0 Å². The first kappa shape index (κ1) is 6.81. The highest BCUT2D eigenvalue weighted by Crippen LogP contribution is 2.19.